The van der Waals surface area contributed by atoms with Crippen molar-refractivity contribution in [1.82, 2.24) is 15.1 Å². The molecule has 0 aliphatic carbocycles. The molecule has 0 spiro atoms. The molecule has 0 radical (unpaired) electrons. The highest BCUT2D eigenvalue weighted by Gasteiger charge is 2.04. The number of alkyl halides is 2. The predicted octanol–water partition coefficient (Wildman–Crippen LogP) is 1.65. The first-order valence-electron chi connectivity index (χ1n) is 4.72. The molecular weight excluding hydrogens is 188 g/mol. The molecule has 1 aromatic heterocycles. The molecule has 80 valence electrons. The highest BCUT2D eigenvalue weighted by atomic mass is 19.3. The standard InChI is InChI=1S/C9H15F2N3/c1-2-3-12-4-8-5-13-14(6-8)7-9(10)11/h5-6,9,12H,2-4,7H2,1H3. The SMILES string of the molecule is CCCNCc1cnn(CC(F)F)c1. The third-order valence-corrected chi connectivity index (χ3v) is 1.77. The van der Waals surface area contributed by atoms with E-state index >= 15 is 0 Å². The van der Waals surface area contributed by atoms with Gasteiger partial charge in [-0.2, -0.15) is 5.10 Å². The summed E-state index contributed by atoms with van der Waals surface area (Å²) < 4.78 is 25.2. The molecule has 0 saturated heterocycles. The second-order valence-electron chi connectivity index (χ2n) is 3.14. The Morgan fingerprint density at radius 1 is 1.57 bits per heavy atom. The maximum atomic E-state index is 12.0. The average molecular weight is 203 g/mol. The predicted molar refractivity (Wildman–Crippen MR) is 50.2 cm³/mol. The lowest BCUT2D eigenvalue weighted by atomic mass is 10.3. The quantitative estimate of drug-likeness (QED) is 0.712. The lowest BCUT2D eigenvalue weighted by Crippen LogP contribution is -2.13. The Hall–Kier alpha value is -0.970. The summed E-state index contributed by atoms with van der Waals surface area (Å²) in [6.45, 7) is 3.37. The number of nitrogens with zero attached hydrogens (tertiary/aromatic N) is 2. The zero-order valence-electron chi connectivity index (χ0n) is 8.21. The molecule has 0 aliphatic heterocycles. The lowest BCUT2D eigenvalue weighted by Gasteiger charge is -1.99. The van der Waals surface area contributed by atoms with Gasteiger partial charge >= 0.3 is 0 Å². The van der Waals surface area contributed by atoms with Crippen LogP contribution in [0.5, 0.6) is 0 Å². The number of rotatable bonds is 6. The van der Waals surface area contributed by atoms with Crippen molar-refractivity contribution >= 4 is 0 Å². The van der Waals surface area contributed by atoms with Gasteiger partial charge < -0.3 is 5.32 Å². The van der Waals surface area contributed by atoms with Crippen LogP contribution < -0.4 is 5.32 Å². The van der Waals surface area contributed by atoms with E-state index in [4.69, 9.17) is 0 Å². The van der Waals surface area contributed by atoms with Crippen molar-refractivity contribution in [2.45, 2.75) is 32.9 Å². The first kappa shape index (κ1) is 11.1. The minimum absolute atomic E-state index is 0.326. The van der Waals surface area contributed by atoms with Gasteiger partial charge in [-0.3, -0.25) is 4.68 Å². The van der Waals surface area contributed by atoms with E-state index in [9.17, 15) is 8.78 Å². The molecule has 5 heteroatoms. The Morgan fingerprint density at radius 2 is 2.36 bits per heavy atom. The maximum Gasteiger partial charge on any atom is 0.257 e. The Bertz CT molecular complexity index is 260. The van der Waals surface area contributed by atoms with Gasteiger partial charge in [0.2, 0.25) is 0 Å². The van der Waals surface area contributed by atoms with Crippen LogP contribution in [-0.2, 0) is 13.1 Å². The van der Waals surface area contributed by atoms with E-state index in [1.165, 1.54) is 4.68 Å². The number of nitrogens with one attached hydrogen (secondary N) is 1. The third kappa shape index (κ3) is 3.83. The Morgan fingerprint density at radius 3 is 3.00 bits per heavy atom. The van der Waals surface area contributed by atoms with E-state index in [0.717, 1.165) is 18.5 Å². The minimum atomic E-state index is -2.34. The topological polar surface area (TPSA) is 29.9 Å². The Balaban J connectivity index is 2.35. The van der Waals surface area contributed by atoms with Crippen molar-refractivity contribution in [2.75, 3.05) is 6.54 Å². The van der Waals surface area contributed by atoms with Crippen LogP contribution in [0.4, 0.5) is 8.78 Å². The molecule has 0 amide bonds. The van der Waals surface area contributed by atoms with Gasteiger partial charge in [0.1, 0.15) is 6.54 Å². The molecule has 1 aromatic rings. The van der Waals surface area contributed by atoms with Crippen molar-refractivity contribution in [3.05, 3.63) is 18.0 Å². The van der Waals surface area contributed by atoms with Crippen LogP contribution >= 0.6 is 0 Å². The van der Waals surface area contributed by atoms with E-state index in [-0.39, 0.29) is 6.54 Å². The molecule has 1 rings (SSSR count). The Labute approximate surface area is 82.1 Å². The van der Waals surface area contributed by atoms with E-state index in [2.05, 4.69) is 17.3 Å². The molecule has 1 heterocycles. The van der Waals surface area contributed by atoms with Crippen molar-refractivity contribution in [1.29, 1.82) is 0 Å². The third-order valence-electron chi connectivity index (χ3n) is 1.77. The number of hydrogen-bond donors (Lipinski definition) is 1. The number of halogens is 2. The summed E-state index contributed by atoms with van der Waals surface area (Å²) in [5.41, 5.74) is 0.944. The summed E-state index contributed by atoms with van der Waals surface area (Å²) in [6, 6.07) is 0. The molecule has 0 unspecified atom stereocenters. The van der Waals surface area contributed by atoms with Crippen molar-refractivity contribution < 1.29 is 8.78 Å². The summed E-state index contributed by atoms with van der Waals surface area (Å²) in [4.78, 5) is 0. The van der Waals surface area contributed by atoms with Crippen LogP contribution in [-0.4, -0.2) is 22.8 Å². The largest absolute Gasteiger partial charge is 0.313 e. The normalized spacial score (nSPS) is 11.1. The van der Waals surface area contributed by atoms with Crippen molar-refractivity contribution in [3.8, 4) is 0 Å². The molecular formula is C9H15F2N3. The number of aromatic nitrogens is 2. The fourth-order valence-electron chi connectivity index (χ4n) is 1.15. The summed E-state index contributed by atoms with van der Waals surface area (Å²) >= 11 is 0. The van der Waals surface area contributed by atoms with Crippen LogP contribution in [0.25, 0.3) is 0 Å². The second-order valence-corrected chi connectivity index (χ2v) is 3.14. The average Bonchev–Trinajstić information content (AvgIpc) is 2.52. The monoisotopic (exact) mass is 203 g/mol. The molecule has 0 fully saturated rings. The highest BCUT2D eigenvalue weighted by Crippen LogP contribution is 2.01. The van der Waals surface area contributed by atoms with E-state index < -0.39 is 6.43 Å². The zero-order valence-corrected chi connectivity index (χ0v) is 8.21. The summed E-state index contributed by atoms with van der Waals surface area (Å²) in [6.07, 6.45) is 1.98. The lowest BCUT2D eigenvalue weighted by molar-refractivity contribution is 0.122. The van der Waals surface area contributed by atoms with Gasteiger partial charge in [0, 0.05) is 18.3 Å². The van der Waals surface area contributed by atoms with Gasteiger partial charge in [-0.25, -0.2) is 8.78 Å². The van der Waals surface area contributed by atoms with Gasteiger partial charge in [0.15, 0.2) is 0 Å². The van der Waals surface area contributed by atoms with Crippen molar-refractivity contribution in [2.24, 2.45) is 0 Å². The molecule has 0 aromatic carbocycles. The van der Waals surface area contributed by atoms with Crippen LogP contribution in [0.1, 0.15) is 18.9 Å². The fraction of sp³-hybridized carbons (Fsp3) is 0.667. The minimum Gasteiger partial charge on any atom is -0.313 e. The van der Waals surface area contributed by atoms with E-state index in [0.29, 0.717) is 6.54 Å². The molecule has 0 saturated carbocycles. The molecule has 1 N–H and O–H groups in total. The second kappa shape index (κ2) is 5.70. The summed E-state index contributed by atoms with van der Waals surface area (Å²) in [5.74, 6) is 0. The Kier molecular flexibility index (Phi) is 4.52. The molecule has 0 aliphatic rings. The number of hydrogen-bond acceptors (Lipinski definition) is 2. The maximum absolute atomic E-state index is 12.0. The van der Waals surface area contributed by atoms with Gasteiger partial charge in [-0.15, -0.1) is 0 Å². The van der Waals surface area contributed by atoms with Crippen LogP contribution in [0.3, 0.4) is 0 Å². The van der Waals surface area contributed by atoms with Crippen LogP contribution in [0.2, 0.25) is 0 Å². The summed E-state index contributed by atoms with van der Waals surface area (Å²) in [7, 11) is 0. The van der Waals surface area contributed by atoms with Crippen LogP contribution in [0.15, 0.2) is 12.4 Å². The van der Waals surface area contributed by atoms with E-state index in [1.54, 1.807) is 12.4 Å². The molecule has 14 heavy (non-hydrogen) atoms. The fourth-order valence-corrected chi connectivity index (χ4v) is 1.15. The van der Waals surface area contributed by atoms with Gasteiger partial charge in [-0.1, -0.05) is 6.92 Å². The summed E-state index contributed by atoms with van der Waals surface area (Å²) in [5, 5.41) is 7.01. The zero-order chi connectivity index (χ0) is 10.4. The van der Waals surface area contributed by atoms with Crippen molar-refractivity contribution in [3.63, 3.8) is 0 Å². The highest BCUT2D eigenvalue weighted by molar-refractivity contribution is 5.03. The van der Waals surface area contributed by atoms with E-state index in [1.807, 2.05) is 0 Å². The van der Waals surface area contributed by atoms with Gasteiger partial charge in [-0.05, 0) is 13.0 Å². The van der Waals surface area contributed by atoms with Crippen LogP contribution in [0, 0.1) is 0 Å². The molecule has 3 nitrogen and oxygen atoms in total. The molecule has 0 bridgehead atoms. The first-order chi connectivity index (χ1) is 6.72. The van der Waals surface area contributed by atoms with Gasteiger partial charge in [0.05, 0.1) is 6.20 Å². The first-order valence-corrected chi connectivity index (χ1v) is 4.72. The molecule has 0 atom stereocenters. The smallest absolute Gasteiger partial charge is 0.257 e. The van der Waals surface area contributed by atoms with Gasteiger partial charge in [0.25, 0.3) is 6.43 Å².